The summed E-state index contributed by atoms with van der Waals surface area (Å²) in [7, 11) is 3.81. The van der Waals surface area contributed by atoms with Gasteiger partial charge in [-0.3, -0.25) is 4.90 Å². The summed E-state index contributed by atoms with van der Waals surface area (Å²) in [5, 5.41) is 13.0. The lowest BCUT2D eigenvalue weighted by molar-refractivity contribution is 0.134. The first-order valence-electron chi connectivity index (χ1n) is 12.8. The predicted octanol–water partition coefficient (Wildman–Crippen LogP) is 4.89. The fourth-order valence-corrected chi connectivity index (χ4v) is 4.32. The van der Waals surface area contributed by atoms with Crippen LogP contribution >= 0.6 is 0 Å². The van der Waals surface area contributed by atoms with Crippen LogP contribution in [0.4, 0.5) is 11.6 Å². The van der Waals surface area contributed by atoms with Crippen LogP contribution < -0.4 is 14.8 Å². The van der Waals surface area contributed by atoms with E-state index in [9.17, 15) is 5.11 Å². The van der Waals surface area contributed by atoms with Crippen LogP contribution in [0.2, 0.25) is 0 Å². The van der Waals surface area contributed by atoms with E-state index >= 15 is 0 Å². The van der Waals surface area contributed by atoms with Crippen LogP contribution in [0.1, 0.15) is 0 Å². The lowest BCUT2D eigenvalue weighted by Crippen LogP contribution is -2.45. The Balaban J connectivity index is 1.30. The van der Waals surface area contributed by atoms with Gasteiger partial charge in [0.05, 0.1) is 18.5 Å². The molecule has 3 aromatic carbocycles. The van der Waals surface area contributed by atoms with Crippen LogP contribution in [-0.4, -0.2) is 78.4 Å². The number of ether oxygens (including phenoxy) is 2. The second kappa shape index (κ2) is 11.9. The summed E-state index contributed by atoms with van der Waals surface area (Å²) in [5.74, 6) is 2.31. The van der Waals surface area contributed by atoms with Crippen molar-refractivity contribution >= 4 is 11.6 Å². The molecule has 0 unspecified atom stereocenters. The maximum absolute atomic E-state index is 9.72. The third-order valence-electron chi connectivity index (χ3n) is 6.66. The molecular formula is C30H33N5O3. The van der Waals surface area contributed by atoms with Crippen molar-refractivity contribution in [2.24, 2.45) is 0 Å². The van der Waals surface area contributed by atoms with Gasteiger partial charge in [0.15, 0.2) is 0 Å². The molecule has 2 N–H and O–H groups in total. The fraction of sp³-hybridized carbons (Fsp3) is 0.267. The normalized spacial score (nSPS) is 14.3. The van der Waals surface area contributed by atoms with E-state index in [4.69, 9.17) is 19.4 Å². The highest BCUT2D eigenvalue weighted by molar-refractivity contribution is 5.71. The largest absolute Gasteiger partial charge is 0.508 e. The first kappa shape index (κ1) is 25.5. The Morgan fingerprint density at radius 3 is 1.97 bits per heavy atom. The number of phenolic OH excluding ortho intramolecular Hbond substituents is 1. The van der Waals surface area contributed by atoms with Crippen LogP contribution in [-0.2, 0) is 0 Å². The van der Waals surface area contributed by atoms with Gasteiger partial charge in [0, 0.05) is 49.5 Å². The van der Waals surface area contributed by atoms with Gasteiger partial charge in [-0.15, -0.1) is 0 Å². The van der Waals surface area contributed by atoms with E-state index < -0.39 is 0 Å². The number of nitrogens with zero attached hydrogens (tertiary/aromatic N) is 4. The third kappa shape index (κ3) is 6.59. The number of likely N-dealkylation sites (N-methyl/N-ethyl adjacent to an activating group) is 1. The Hall–Kier alpha value is -4.14. The molecule has 8 nitrogen and oxygen atoms in total. The van der Waals surface area contributed by atoms with Crippen molar-refractivity contribution < 1.29 is 14.6 Å². The van der Waals surface area contributed by atoms with Gasteiger partial charge >= 0.3 is 0 Å². The molecule has 4 aromatic rings. The van der Waals surface area contributed by atoms with Gasteiger partial charge in [0.25, 0.3) is 0 Å². The van der Waals surface area contributed by atoms with E-state index in [0.29, 0.717) is 12.6 Å². The van der Waals surface area contributed by atoms with Crippen LogP contribution in [0, 0.1) is 0 Å². The molecule has 0 atom stereocenters. The number of piperazine rings is 1. The third-order valence-corrected chi connectivity index (χ3v) is 6.66. The van der Waals surface area contributed by atoms with Crippen LogP contribution in [0.15, 0.2) is 78.9 Å². The van der Waals surface area contributed by atoms with Gasteiger partial charge in [0.1, 0.15) is 23.9 Å². The number of nitrogens with one attached hydrogen (secondary N) is 1. The first-order chi connectivity index (χ1) is 18.6. The molecule has 1 aliphatic heterocycles. The van der Waals surface area contributed by atoms with E-state index in [1.165, 1.54) is 0 Å². The van der Waals surface area contributed by atoms with Crippen molar-refractivity contribution in [1.82, 2.24) is 19.8 Å². The highest BCUT2D eigenvalue weighted by Gasteiger charge is 2.13. The van der Waals surface area contributed by atoms with E-state index in [1.54, 1.807) is 19.2 Å². The zero-order valence-corrected chi connectivity index (χ0v) is 21.8. The van der Waals surface area contributed by atoms with Gasteiger partial charge in [-0.25, -0.2) is 9.97 Å². The van der Waals surface area contributed by atoms with Crippen molar-refractivity contribution in [3.05, 3.63) is 78.9 Å². The molecule has 1 aromatic heterocycles. The number of benzene rings is 3. The monoisotopic (exact) mass is 511 g/mol. The Kier molecular flexibility index (Phi) is 8.01. The Morgan fingerprint density at radius 1 is 0.789 bits per heavy atom. The molecule has 1 fully saturated rings. The number of aromatic hydroxyl groups is 1. The summed E-state index contributed by atoms with van der Waals surface area (Å²) in [6, 6.07) is 24.5. The summed E-state index contributed by atoms with van der Waals surface area (Å²) >= 11 is 0. The van der Waals surface area contributed by atoms with E-state index in [0.717, 1.165) is 72.4 Å². The van der Waals surface area contributed by atoms with E-state index in [-0.39, 0.29) is 5.75 Å². The molecule has 38 heavy (non-hydrogen) atoms. The Labute approximate surface area is 223 Å². The Bertz CT molecular complexity index is 1320. The second-order valence-corrected chi connectivity index (χ2v) is 9.38. The summed E-state index contributed by atoms with van der Waals surface area (Å²) in [5.41, 5.74) is 4.21. The summed E-state index contributed by atoms with van der Waals surface area (Å²) in [4.78, 5) is 14.3. The number of methoxy groups -OCH3 is 1. The summed E-state index contributed by atoms with van der Waals surface area (Å²) in [6.45, 7) is 5.99. The standard InChI is InChI=1S/C30H33N5O3/c1-34-15-17-35(18-16-34)19-20-38-27-13-7-24(8-14-27)31-30-32-28(22-3-9-25(36)10-4-22)21-29(33-30)23-5-11-26(37-2)12-6-23/h3-14,21,36H,15-20H2,1-2H3,(H,31,32,33). The van der Waals surface area contributed by atoms with Crippen molar-refractivity contribution in [2.75, 3.05) is 58.8 Å². The molecule has 0 spiro atoms. The molecule has 0 saturated carbocycles. The van der Waals surface area contributed by atoms with Gasteiger partial charge in [-0.2, -0.15) is 0 Å². The van der Waals surface area contributed by atoms with Crippen molar-refractivity contribution in [3.8, 4) is 39.8 Å². The zero-order valence-electron chi connectivity index (χ0n) is 21.8. The van der Waals surface area contributed by atoms with E-state index in [1.807, 2.05) is 66.7 Å². The fourth-order valence-electron chi connectivity index (χ4n) is 4.32. The highest BCUT2D eigenvalue weighted by Crippen LogP contribution is 2.29. The first-order valence-corrected chi connectivity index (χ1v) is 12.8. The maximum atomic E-state index is 9.72. The second-order valence-electron chi connectivity index (χ2n) is 9.38. The van der Waals surface area contributed by atoms with Crippen LogP contribution in [0.5, 0.6) is 17.2 Å². The predicted molar refractivity (Wildman–Crippen MR) is 150 cm³/mol. The molecule has 0 bridgehead atoms. The lowest BCUT2D eigenvalue weighted by atomic mass is 10.1. The zero-order chi connectivity index (χ0) is 26.3. The number of hydrogen-bond acceptors (Lipinski definition) is 8. The topological polar surface area (TPSA) is 83.0 Å². The molecular weight excluding hydrogens is 478 g/mol. The van der Waals surface area contributed by atoms with Gasteiger partial charge in [0.2, 0.25) is 5.95 Å². The maximum Gasteiger partial charge on any atom is 0.228 e. The molecule has 196 valence electrons. The van der Waals surface area contributed by atoms with Crippen LogP contribution in [0.3, 0.4) is 0 Å². The molecule has 0 amide bonds. The molecule has 5 rings (SSSR count). The number of rotatable bonds is 9. The minimum Gasteiger partial charge on any atom is -0.508 e. The SMILES string of the molecule is COc1ccc(-c2cc(-c3ccc(O)cc3)nc(Nc3ccc(OCCN4CCN(C)CC4)cc3)n2)cc1. The molecule has 8 heteroatoms. The molecule has 0 radical (unpaired) electrons. The van der Waals surface area contributed by atoms with E-state index in [2.05, 4.69) is 22.2 Å². The lowest BCUT2D eigenvalue weighted by Gasteiger charge is -2.32. The summed E-state index contributed by atoms with van der Waals surface area (Å²) in [6.07, 6.45) is 0. The number of aromatic nitrogens is 2. The van der Waals surface area contributed by atoms with Crippen LogP contribution in [0.25, 0.3) is 22.5 Å². The average molecular weight is 512 g/mol. The number of phenols is 1. The van der Waals surface area contributed by atoms with Crippen molar-refractivity contribution in [2.45, 2.75) is 0 Å². The molecule has 2 heterocycles. The van der Waals surface area contributed by atoms with Crippen molar-refractivity contribution in [1.29, 1.82) is 0 Å². The summed E-state index contributed by atoms with van der Waals surface area (Å²) < 4.78 is 11.3. The molecule has 0 aliphatic carbocycles. The molecule has 1 aliphatic rings. The number of hydrogen-bond donors (Lipinski definition) is 2. The van der Waals surface area contributed by atoms with Crippen molar-refractivity contribution in [3.63, 3.8) is 0 Å². The average Bonchev–Trinajstić information content (AvgIpc) is 2.95. The van der Waals surface area contributed by atoms with Gasteiger partial charge in [-0.05, 0) is 85.9 Å². The molecule has 1 saturated heterocycles. The highest BCUT2D eigenvalue weighted by atomic mass is 16.5. The number of anilines is 2. The minimum absolute atomic E-state index is 0.211. The smallest absolute Gasteiger partial charge is 0.228 e. The minimum atomic E-state index is 0.211. The quantitative estimate of drug-likeness (QED) is 0.329. The van der Waals surface area contributed by atoms with Gasteiger partial charge < -0.3 is 24.8 Å². The van der Waals surface area contributed by atoms with Gasteiger partial charge in [-0.1, -0.05) is 0 Å². The Morgan fingerprint density at radius 2 is 1.37 bits per heavy atom.